The first-order chi connectivity index (χ1) is 18.7. The van der Waals surface area contributed by atoms with Crippen molar-refractivity contribution in [2.75, 3.05) is 39.2 Å². The number of carbonyl (C=O) groups excluding carboxylic acids is 1. The molecular weight excluding hydrogens is 478 g/mol. The van der Waals surface area contributed by atoms with Gasteiger partial charge in [-0.25, -0.2) is 4.79 Å². The molecule has 4 aromatic rings. The molecule has 1 atom stereocenters. The molecule has 0 aliphatic carbocycles. The van der Waals surface area contributed by atoms with E-state index in [0.29, 0.717) is 12.3 Å². The number of rotatable bonds is 9. The fourth-order valence-corrected chi connectivity index (χ4v) is 5.21. The Kier molecular flexibility index (Phi) is 8.04. The smallest absolute Gasteiger partial charge is 0.411 e. The van der Waals surface area contributed by atoms with Crippen molar-refractivity contribution in [3.8, 4) is 11.5 Å². The van der Waals surface area contributed by atoms with E-state index in [1.807, 2.05) is 30.3 Å². The minimum atomic E-state index is -0.456. The summed E-state index contributed by atoms with van der Waals surface area (Å²) in [6, 6.07) is 24.5. The highest BCUT2D eigenvalue weighted by Crippen LogP contribution is 2.39. The van der Waals surface area contributed by atoms with E-state index in [0.717, 1.165) is 54.8 Å². The minimum Gasteiger partial charge on any atom is -0.493 e. The molecule has 1 aliphatic rings. The first-order valence-corrected chi connectivity index (χ1v) is 13.0. The van der Waals surface area contributed by atoms with Gasteiger partial charge in [-0.1, -0.05) is 48.5 Å². The van der Waals surface area contributed by atoms with E-state index < -0.39 is 6.09 Å². The number of aromatic nitrogens is 1. The molecule has 0 saturated carbocycles. The molecule has 7 heteroatoms. The second-order valence-electron chi connectivity index (χ2n) is 9.39. The molecule has 1 aliphatic heterocycles. The number of benzene rings is 3. The van der Waals surface area contributed by atoms with Gasteiger partial charge in [-0.3, -0.25) is 15.2 Å². The van der Waals surface area contributed by atoms with Crippen LogP contribution in [-0.2, 0) is 17.6 Å². The summed E-state index contributed by atoms with van der Waals surface area (Å²) in [6.07, 6.45) is 3.78. The molecule has 1 N–H and O–H groups in total. The third-order valence-corrected chi connectivity index (χ3v) is 7.09. The highest BCUT2D eigenvalue weighted by atomic mass is 16.5. The van der Waals surface area contributed by atoms with Crippen molar-refractivity contribution in [2.45, 2.75) is 25.3 Å². The molecule has 38 heavy (non-hydrogen) atoms. The van der Waals surface area contributed by atoms with Gasteiger partial charge in [0.05, 0.1) is 32.0 Å². The van der Waals surface area contributed by atoms with Gasteiger partial charge < -0.3 is 14.2 Å². The number of methoxy groups -OCH3 is 2. The highest BCUT2D eigenvalue weighted by molar-refractivity contribution is 5.98. The molecule has 196 valence electrons. The van der Waals surface area contributed by atoms with E-state index in [1.165, 1.54) is 16.7 Å². The van der Waals surface area contributed by atoms with Crippen LogP contribution in [0.3, 0.4) is 0 Å². The van der Waals surface area contributed by atoms with E-state index >= 15 is 0 Å². The van der Waals surface area contributed by atoms with Crippen LogP contribution in [0.4, 0.5) is 10.5 Å². The second kappa shape index (κ2) is 12.0. The van der Waals surface area contributed by atoms with Crippen LogP contribution in [0.2, 0.25) is 0 Å². The standard InChI is InChI=1S/C31H33N3O4/c1-36-29-20-23-14-17-34(28(25(23)21-30(29)37-2)19-22-9-4-3-5-10-22)16-8-18-38-31(35)33-27-13-15-32-26-12-7-6-11-24(26)27/h3-7,9-13,15,20-21,28H,8,14,16-19H2,1-2H3,(H,32,33,35). The molecule has 0 bridgehead atoms. The van der Waals surface area contributed by atoms with Gasteiger partial charge >= 0.3 is 6.09 Å². The minimum absolute atomic E-state index is 0.193. The molecule has 0 saturated heterocycles. The number of nitrogens with zero attached hydrogens (tertiary/aromatic N) is 2. The third-order valence-electron chi connectivity index (χ3n) is 7.09. The zero-order chi connectivity index (χ0) is 26.3. The molecular formula is C31H33N3O4. The number of para-hydroxylation sites is 1. The molecule has 1 aromatic heterocycles. The largest absolute Gasteiger partial charge is 0.493 e. The molecule has 0 radical (unpaired) electrons. The Labute approximate surface area is 223 Å². The molecule has 3 aromatic carbocycles. The van der Waals surface area contributed by atoms with Crippen molar-refractivity contribution in [3.05, 3.63) is 95.7 Å². The fraction of sp³-hybridized carbons (Fsp3) is 0.290. The van der Waals surface area contributed by atoms with Crippen LogP contribution in [0.1, 0.15) is 29.2 Å². The van der Waals surface area contributed by atoms with Crippen molar-refractivity contribution in [3.63, 3.8) is 0 Å². The van der Waals surface area contributed by atoms with Crippen molar-refractivity contribution >= 4 is 22.7 Å². The summed E-state index contributed by atoms with van der Waals surface area (Å²) in [6.45, 7) is 2.08. The van der Waals surface area contributed by atoms with E-state index in [4.69, 9.17) is 14.2 Å². The summed E-state index contributed by atoms with van der Waals surface area (Å²) in [5.74, 6) is 1.51. The summed E-state index contributed by atoms with van der Waals surface area (Å²) in [4.78, 5) is 19.3. The molecule has 0 spiro atoms. The second-order valence-corrected chi connectivity index (χ2v) is 9.39. The van der Waals surface area contributed by atoms with Crippen LogP contribution in [-0.4, -0.2) is 49.9 Å². The molecule has 1 unspecified atom stereocenters. The van der Waals surface area contributed by atoms with Crippen LogP contribution in [0.15, 0.2) is 79.0 Å². The van der Waals surface area contributed by atoms with Gasteiger partial charge in [-0.15, -0.1) is 0 Å². The summed E-state index contributed by atoms with van der Waals surface area (Å²) >= 11 is 0. The lowest BCUT2D eigenvalue weighted by Gasteiger charge is -2.38. The number of hydrogen-bond acceptors (Lipinski definition) is 6. The lowest BCUT2D eigenvalue weighted by Crippen LogP contribution is -2.37. The zero-order valence-electron chi connectivity index (χ0n) is 21.9. The Morgan fingerprint density at radius 1 is 1.00 bits per heavy atom. The number of amides is 1. The number of hydrogen-bond donors (Lipinski definition) is 1. The van der Waals surface area contributed by atoms with Crippen LogP contribution in [0.5, 0.6) is 11.5 Å². The predicted octanol–water partition coefficient (Wildman–Crippen LogP) is 6.03. The van der Waals surface area contributed by atoms with Gasteiger partial charge in [0.15, 0.2) is 11.5 Å². The zero-order valence-corrected chi connectivity index (χ0v) is 21.9. The van der Waals surface area contributed by atoms with Gasteiger partial charge in [0.1, 0.15) is 0 Å². The maximum Gasteiger partial charge on any atom is 0.411 e. The van der Waals surface area contributed by atoms with E-state index in [9.17, 15) is 4.79 Å². The van der Waals surface area contributed by atoms with Gasteiger partial charge in [-0.2, -0.15) is 0 Å². The molecule has 0 fully saturated rings. The summed E-state index contributed by atoms with van der Waals surface area (Å²) in [5.41, 5.74) is 5.36. The number of ether oxygens (including phenoxy) is 3. The lowest BCUT2D eigenvalue weighted by molar-refractivity contribution is 0.137. The average molecular weight is 512 g/mol. The van der Waals surface area contributed by atoms with Crippen molar-refractivity contribution in [1.29, 1.82) is 0 Å². The number of fused-ring (bicyclic) bond motifs is 2. The Bertz CT molecular complexity index is 1390. The summed E-state index contributed by atoms with van der Waals surface area (Å²) in [5, 5.41) is 3.74. The maximum absolute atomic E-state index is 12.5. The van der Waals surface area contributed by atoms with Gasteiger partial charge in [0.25, 0.3) is 0 Å². The number of pyridine rings is 1. The molecule has 1 amide bonds. The van der Waals surface area contributed by atoms with E-state index in [-0.39, 0.29) is 6.04 Å². The van der Waals surface area contributed by atoms with Crippen LogP contribution >= 0.6 is 0 Å². The normalized spacial score (nSPS) is 15.1. The fourth-order valence-electron chi connectivity index (χ4n) is 5.21. The first-order valence-electron chi connectivity index (χ1n) is 13.0. The Morgan fingerprint density at radius 3 is 2.58 bits per heavy atom. The van der Waals surface area contributed by atoms with E-state index in [1.54, 1.807) is 26.5 Å². The number of carbonyl (C=O) groups is 1. The van der Waals surface area contributed by atoms with E-state index in [2.05, 4.69) is 51.6 Å². The molecule has 7 nitrogen and oxygen atoms in total. The van der Waals surface area contributed by atoms with Crippen molar-refractivity contribution < 1.29 is 19.0 Å². The van der Waals surface area contributed by atoms with Crippen molar-refractivity contribution in [2.24, 2.45) is 0 Å². The lowest BCUT2D eigenvalue weighted by atomic mass is 9.88. The van der Waals surface area contributed by atoms with Gasteiger partial charge in [-0.05, 0) is 60.2 Å². The van der Waals surface area contributed by atoms with Crippen LogP contribution in [0.25, 0.3) is 10.9 Å². The summed E-state index contributed by atoms with van der Waals surface area (Å²) < 4.78 is 16.7. The van der Waals surface area contributed by atoms with Crippen LogP contribution < -0.4 is 14.8 Å². The SMILES string of the molecule is COc1cc2c(cc1OC)C(Cc1ccccc1)N(CCCOC(=O)Nc1ccnc3ccccc13)CC2. The Balaban J connectivity index is 1.24. The monoisotopic (exact) mass is 511 g/mol. The van der Waals surface area contributed by atoms with Crippen molar-refractivity contribution in [1.82, 2.24) is 9.88 Å². The Hall–Kier alpha value is -4.10. The first kappa shape index (κ1) is 25.5. The Morgan fingerprint density at radius 2 is 1.76 bits per heavy atom. The molecule has 2 heterocycles. The topological polar surface area (TPSA) is 72.9 Å². The quantitative estimate of drug-likeness (QED) is 0.277. The number of nitrogens with one attached hydrogen (secondary N) is 1. The van der Waals surface area contributed by atoms with Gasteiger partial charge in [0, 0.05) is 30.7 Å². The highest BCUT2D eigenvalue weighted by Gasteiger charge is 2.29. The van der Waals surface area contributed by atoms with Gasteiger partial charge in [0.2, 0.25) is 0 Å². The predicted molar refractivity (Wildman–Crippen MR) is 149 cm³/mol. The van der Waals surface area contributed by atoms with Crippen LogP contribution in [0, 0.1) is 0 Å². The summed E-state index contributed by atoms with van der Waals surface area (Å²) in [7, 11) is 3.35. The third kappa shape index (κ3) is 5.73. The average Bonchev–Trinajstić information content (AvgIpc) is 2.96. The molecule has 5 rings (SSSR count). The maximum atomic E-state index is 12.5. The number of anilines is 1.